The normalized spacial score (nSPS) is 24.2. The van der Waals surface area contributed by atoms with Crippen LogP contribution < -0.4 is 0 Å². The fraction of sp³-hybridized carbons (Fsp3) is 0.250. The molecular weight excluding hydrogens is 230 g/mol. The van der Waals surface area contributed by atoms with E-state index in [1.807, 2.05) is 0 Å². The molecule has 0 radical (unpaired) electrons. The molecule has 0 bridgehead atoms. The average Bonchev–Trinajstić information content (AvgIpc) is 2.36. The Morgan fingerprint density at radius 3 is 1.81 bits per heavy atom. The summed E-state index contributed by atoms with van der Waals surface area (Å²) in [5.74, 6) is -4.33. The lowest BCUT2D eigenvalue weighted by Crippen LogP contribution is -2.46. The SMILES string of the molecule is C[N+]1([O-])C([N+](=O)[O-])=NC([N+](=O)[O-])=C1[N+](=O)[O-]. The van der Waals surface area contributed by atoms with E-state index in [1.54, 1.807) is 0 Å². The molecule has 0 aliphatic carbocycles. The van der Waals surface area contributed by atoms with Crippen molar-refractivity contribution >= 4 is 5.96 Å². The van der Waals surface area contributed by atoms with Gasteiger partial charge in [0.1, 0.15) is 4.92 Å². The minimum Gasteiger partial charge on any atom is -0.611 e. The lowest BCUT2D eigenvalue weighted by molar-refractivity contribution is -0.834. The summed E-state index contributed by atoms with van der Waals surface area (Å²) in [6.45, 7) is 0. The number of hydroxylamine groups is 3. The largest absolute Gasteiger partial charge is 0.611 e. The van der Waals surface area contributed by atoms with Gasteiger partial charge in [-0.05, 0) is 4.92 Å². The molecule has 0 aromatic heterocycles. The van der Waals surface area contributed by atoms with Crippen molar-refractivity contribution in [2.24, 2.45) is 4.99 Å². The highest BCUT2D eigenvalue weighted by Gasteiger charge is 2.58. The molecule has 0 N–H and O–H groups in total. The number of hydrogen-bond donors (Lipinski definition) is 0. The highest BCUT2D eigenvalue weighted by molar-refractivity contribution is 5.68. The Morgan fingerprint density at radius 1 is 1.06 bits per heavy atom. The minimum absolute atomic E-state index is 0.524. The maximum absolute atomic E-state index is 11.5. The van der Waals surface area contributed by atoms with Crippen LogP contribution in [0.4, 0.5) is 0 Å². The fourth-order valence-corrected chi connectivity index (χ4v) is 1.08. The van der Waals surface area contributed by atoms with Crippen molar-refractivity contribution in [2.45, 2.75) is 0 Å². The van der Waals surface area contributed by atoms with Crippen molar-refractivity contribution in [3.05, 3.63) is 47.2 Å². The maximum Gasteiger partial charge on any atom is 0.553 e. The van der Waals surface area contributed by atoms with E-state index in [1.165, 1.54) is 0 Å². The van der Waals surface area contributed by atoms with Gasteiger partial charge in [0, 0.05) is 4.92 Å². The minimum atomic E-state index is -2.23. The van der Waals surface area contributed by atoms with Crippen molar-refractivity contribution < 1.29 is 19.4 Å². The molecule has 16 heavy (non-hydrogen) atoms. The first-order valence-corrected chi connectivity index (χ1v) is 3.54. The number of guanidine groups is 1. The third kappa shape index (κ3) is 1.47. The van der Waals surface area contributed by atoms with Crippen molar-refractivity contribution in [1.29, 1.82) is 0 Å². The number of nitrogens with zero attached hydrogens (tertiary/aromatic N) is 5. The maximum atomic E-state index is 11.5. The monoisotopic (exact) mass is 233 g/mol. The highest BCUT2D eigenvalue weighted by Crippen LogP contribution is 2.27. The summed E-state index contributed by atoms with van der Waals surface area (Å²) in [6.07, 6.45) is 0. The Bertz CT molecular complexity index is 461. The first kappa shape index (κ1) is 11.6. The average molecular weight is 233 g/mol. The molecule has 0 aromatic carbocycles. The quantitative estimate of drug-likeness (QED) is 0.262. The molecule has 0 saturated carbocycles. The summed E-state index contributed by atoms with van der Waals surface area (Å²) in [6, 6.07) is 0. The molecule has 12 heteroatoms. The van der Waals surface area contributed by atoms with Gasteiger partial charge in [-0.1, -0.05) is 0 Å². The van der Waals surface area contributed by atoms with Gasteiger partial charge in [0.15, 0.2) is 0 Å². The van der Waals surface area contributed by atoms with Gasteiger partial charge in [-0.15, -0.1) is 4.65 Å². The van der Waals surface area contributed by atoms with Gasteiger partial charge < -0.3 is 25.4 Å². The second-order valence-electron chi connectivity index (χ2n) is 2.75. The van der Waals surface area contributed by atoms with Gasteiger partial charge >= 0.3 is 17.6 Å². The predicted molar refractivity (Wildman–Crippen MR) is 45.0 cm³/mol. The van der Waals surface area contributed by atoms with E-state index in [9.17, 15) is 35.6 Å². The van der Waals surface area contributed by atoms with E-state index >= 15 is 0 Å². The van der Waals surface area contributed by atoms with E-state index in [0.717, 1.165) is 0 Å². The topological polar surface area (TPSA) is 165 Å². The zero-order valence-electron chi connectivity index (χ0n) is 7.59. The molecule has 1 heterocycles. The van der Waals surface area contributed by atoms with Crippen LogP contribution in [-0.4, -0.2) is 32.4 Å². The van der Waals surface area contributed by atoms with Crippen LogP contribution in [-0.2, 0) is 0 Å². The van der Waals surface area contributed by atoms with Gasteiger partial charge in [0.05, 0.1) is 12.0 Å². The van der Waals surface area contributed by atoms with E-state index in [4.69, 9.17) is 0 Å². The van der Waals surface area contributed by atoms with Crippen molar-refractivity contribution in [1.82, 2.24) is 0 Å². The second-order valence-corrected chi connectivity index (χ2v) is 2.75. The van der Waals surface area contributed by atoms with Gasteiger partial charge in [-0.25, -0.2) is 0 Å². The third-order valence-corrected chi connectivity index (χ3v) is 1.70. The van der Waals surface area contributed by atoms with Crippen molar-refractivity contribution in [3.8, 4) is 0 Å². The zero-order chi connectivity index (χ0) is 12.7. The summed E-state index contributed by atoms with van der Waals surface area (Å²) in [4.78, 5) is 29.9. The highest BCUT2D eigenvalue weighted by atomic mass is 16.7. The number of hydrogen-bond acceptors (Lipinski definition) is 8. The number of nitro groups is 3. The molecule has 1 aliphatic heterocycles. The van der Waals surface area contributed by atoms with E-state index in [2.05, 4.69) is 4.99 Å². The van der Waals surface area contributed by atoms with Gasteiger partial charge in [0.2, 0.25) is 0 Å². The smallest absolute Gasteiger partial charge is 0.553 e. The van der Waals surface area contributed by atoms with Crippen LogP contribution in [0.3, 0.4) is 0 Å². The first-order valence-electron chi connectivity index (χ1n) is 3.54. The molecule has 86 valence electrons. The molecule has 0 saturated heterocycles. The Labute approximate surface area is 85.7 Å². The number of quaternary nitrogens is 1. The number of rotatable bonds is 2. The summed E-state index contributed by atoms with van der Waals surface area (Å²) in [7, 11) is 0.524. The van der Waals surface area contributed by atoms with Crippen LogP contribution in [0.25, 0.3) is 0 Å². The summed E-state index contributed by atoms with van der Waals surface area (Å²) in [5, 5.41) is 42.6. The lowest BCUT2D eigenvalue weighted by atomic mass is 10.6. The molecule has 12 nitrogen and oxygen atoms in total. The van der Waals surface area contributed by atoms with Crippen LogP contribution in [0.5, 0.6) is 0 Å². The Hall–Kier alpha value is -2.47. The van der Waals surface area contributed by atoms with E-state index < -0.39 is 37.0 Å². The molecule has 0 aromatic rings. The molecule has 1 rings (SSSR count). The summed E-state index contributed by atoms with van der Waals surface area (Å²) in [5.41, 5.74) is 0. The van der Waals surface area contributed by atoms with Crippen LogP contribution in [0, 0.1) is 35.6 Å². The standard InChI is InChI=1S/C4H3N5O7/c1-9(16)3(7(12)13)2(6(10)11)5-4(9)8(14)15/h1H3. The van der Waals surface area contributed by atoms with Gasteiger partial charge in [-0.3, -0.25) is 10.1 Å². The van der Waals surface area contributed by atoms with Crippen LogP contribution >= 0.6 is 0 Å². The van der Waals surface area contributed by atoms with Crippen LogP contribution in [0.1, 0.15) is 0 Å². The van der Waals surface area contributed by atoms with Crippen molar-refractivity contribution in [3.63, 3.8) is 0 Å². The van der Waals surface area contributed by atoms with Crippen LogP contribution in [0.2, 0.25) is 0 Å². The van der Waals surface area contributed by atoms with Gasteiger partial charge in [-0.2, -0.15) is 0 Å². The summed E-state index contributed by atoms with van der Waals surface area (Å²) < 4.78 is -2.23. The molecule has 0 fully saturated rings. The molecule has 1 unspecified atom stereocenters. The molecule has 1 aliphatic rings. The third-order valence-electron chi connectivity index (χ3n) is 1.70. The zero-order valence-corrected chi connectivity index (χ0v) is 7.59. The Morgan fingerprint density at radius 2 is 1.56 bits per heavy atom. The first-order chi connectivity index (χ1) is 7.19. The Kier molecular flexibility index (Phi) is 2.38. The van der Waals surface area contributed by atoms with E-state index in [0.29, 0.717) is 7.05 Å². The van der Waals surface area contributed by atoms with Gasteiger partial charge in [0.25, 0.3) is 0 Å². The molecular formula is C4H3N5O7. The van der Waals surface area contributed by atoms with Crippen molar-refractivity contribution in [2.75, 3.05) is 7.05 Å². The fourth-order valence-electron chi connectivity index (χ4n) is 1.08. The lowest BCUT2D eigenvalue weighted by Gasteiger charge is -2.22. The number of aliphatic imine (C=N–C) groups is 1. The summed E-state index contributed by atoms with van der Waals surface area (Å²) >= 11 is 0. The molecule has 1 atom stereocenters. The van der Waals surface area contributed by atoms with E-state index in [-0.39, 0.29) is 0 Å². The molecule has 0 spiro atoms. The molecule has 0 amide bonds. The second kappa shape index (κ2) is 3.28. The predicted octanol–water partition coefficient (Wildman–Crippen LogP) is -0.743. The van der Waals surface area contributed by atoms with Crippen LogP contribution in [0.15, 0.2) is 16.6 Å². The Balaban J connectivity index is 3.46.